The number of nitrogens with zero attached hydrogens (tertiary/aromatic N) is 1. The zero-order valence-electron chi connectivity index (χ0n) is 12.6. The number of hydrogen-bond acceptors (Lipinski definition) is 3. The van der Waals surface area contributed by atoms with E-state index in [1.165, 1.54) is 0 Å². The van der Waals surface area contributed by atoms with Gasteiger partial charge in [-0.15, -0.1) is 0 Å². The van der Waals surface area contributed by atoms with Crippen molar-refractivity contribution in [2.45, 2.75) is 70.4 Å². The summed E-state index contributed by atoms with van der Waals surface area (Å²) in [5.41, 5.74) is 6.10. The monoisotopic (exact) mass is 258 g/mol. The maximum atomic E-state index is 6.51. The van der Waals surface area contributed by atoms with Crippen LogP contribution in [0, 0.1) is 0 Å². The van der Waals surface area contributed by atoms with Gasteiger partial charge in [0.05, 0.1) is 6.10 Å². The number of nitrogens with two attached hydrogens (primary N) is 1. The van der Waals surface area contributed by atoms with Crippen LogP contribution in [0.5, 0.6) is 0 Å². The highest BCUT2D eigenvalue weighted by molar-refractivity contribution is 6.74. The molecule has 0 amide bonds. The molecule has 1 aliphatic heterocycles. The molecule has 1 rings (SSSR count). The summed E-state index contributed by atoms with van der Waals surface area (Å²) in [6, 6.07) is 0.731. The SMILES string of the molecule is C[C@H]1[C@@H](O[Si](C)(C)C(C)(C)C)C[C@@H](N)CN1C. The number of rotatable bonds is 2. The summed E-state index contributed by atoms with van der Waals surface area (Å²) in [6.45, 7) is 14.7. The molecule has 1 fully saturated rings. The van der Waals surface area contributed by atoms with Gasteiger partial charge < -0.3 is 10.2 Å². The van der Waals surface area contributed by atoms with Crippen molar-refractivity contribution in [2.75, 3.05) is 13.6 Å². The lowest BCUT2D eigenvalue weighted by Crippen LogP contribution is -2.57. The Morgan fingerprint density at radius 3 is 2.29 bits per heavy atom. The van der Waals surface area contributed by atoms with Crippen LogP contribution in [-0.4, -0.2) is 45.0 Å². The number of piperidine rings is 1. The summed E-state index contributed by atoms with van der Waals surface area (Å²) in [4.78, 5) is 2.33. The first kappa shape index (κ1) is 15.2. The van der Waals surface area contributed by atoms with E-state index >= 15 is 0 Å². The minimum absolute atomic E-state index is 0.256. The van der Waals surface area contributed by atoms with Crippen LogP contribution in [0.1, 0.15) is 34.1 Å². The Balaban J connectivity index is 2.73. The topological polar surface area (TPSA) is 38.5 Å². The second-order valence-corrected chi connectivity index (χ2v) is 11.8. The smallest absolute Gasteiger partial charge is 0.192 e. The molecule has 3 atom stereocenters. The number of likely N-dealkylation sites (tertiary alicyclic amines) is 1. The average molecular weight is 258 g/mol. The lowest BCUT2D eigenvalue weighted by Gasteiger charge is -2.46. The molecule has 1 aliphatic rings. The van der Waals surface area contributed by atoms with Gasteiger partial charge in [0.1, 0.15) is 0 Å². The Morgan fingerprint density at radius 1 is 1.29 bits per heavy atom. The van der Waals surface area contributed by atoms with E-state index < -0.39 is 8.32 Å². The van der Waals surface area contributed by atoms with Crippen molar-refractivity contribution in [3.05, 3.63) is 0 Å². The summed E-state index contributed by atoms with van der Waals surface area (Å²) < 4.78 is 6.51. The van der Waals surface area contributed by atoms with Crippen LogP contribution in [0.2, 0.25) is 18.1 Å². The Kier molecular flexibility index (Phi) is 4.45. The maximum absolute atomic E-state index is 6.51. The minimum Gasteiger partial charge on any atom is -0.412 e. The van der Waals surface area contributed by atoms with E-state index in [-0.39, 0.29) is 11.1 Å². The van der Waals surface area contributed by atoms with Crippen LogP contribution in [-0.2, 0) is 4.43 Å². The zero-order chi connectivity index (χ0) is 13.4. The van der Waals surface area contributed by atoms with Gasteiger partial charge in [0.2, 0.25) is 0 Å². The normalized spacial score (nSPS) is 32.8. The largest absolute Gasteiger partial charge is 0.412 e. The molecule has 2 N–H and O–H groups in total. The van der Waals surface area contributed by atoms with Gasteiger partial charge in [-0.1, -0.05) is 20.8 Å². The molecule has 0 aromatic rings. The van der Waals surface area contributed by atoms with E-state index in [0.717, 1.165) is 13.0 Å². The van der Waals surface area contributed by atoms with E-state index in [1.807, 2.05) is 0 Å². The fourth-order valence-electron chi connectivity index (χ4n) is 2.09. The Labute approximate surface area is 108 Å². The van der Waals surface area contributed by atoms with Crippen molar-refractivity contribution in [3.63, 3.8) is 0 Å². The molecule has 3 nitrogen and oxygen atoms in total. The second kappa shape index (κ2) is 5.00. The summed E-state index contributed by atoms with van der Waals surface area (Å²) in [5, 5.41) is 0.271. The van der Waals surface area contributed by atoms with Crippen molar-refractivity contribution in [1.82, 2.24) is 4.90 Å². The predicted octanol–water partition coefficient (Wildman–Crippen LogP) is 2.43. The molecule has 0 aromatic heterocycles. The summed E-state index contributed by atoms with van der Waals surface area (Å²) >= 11 is 0. The quantitative estimate of drug-likeness (QED) is 0.773. The van der Waals surface area contributed by atoms with Gasteiger partial charge in [0, 0.05) is 18.6 Å². The standard InChI is InChI=1S/C13H30N2OSi/c1-10-12(8-11(14)9-15(10)5)16-17(6,7)13(2,3)4/h10-12H,8-9,14H2,1-7H3/t10-,11+,12-/m0/s1. The molecule has 0 saturated carbocycles. The molecule has 0 aliphatic carbocycles. The van der Waals surface area contributed by atoms with Gasteiger partial charge in [-0.05, 0) is 38.5 Å². The van der Waals surface area contributed by atoms with Crippen LogP contribution >= 0.6 is 0 Å². The highest BCUT2D eigenvalue weighted by Gasteiger charge is 2.42. The Bertz CT molecular complexity index is 263. The van der Waals surface area contributed by atoms with Gasteiger partial charge in [-0.3, -0.25) is 4.90 Å². The van der Waals surface area contributed by atoms with E-state index in [1.54, 1.807) is 0 Å². The second-order valence-electron chi connectivity index (χ2n) is 7.09. The molecule has 0 radical (unpaired) electrons. The van der Waals surface area contributed by atoms with Gasteiger partial charge in [-0.2, -0.15) is 0 Å². The van der Waals surface area contributed by atoms with Crippen LogP contribution < -0.4 is 5.73 Å². The first-order valence-corrected chi connectivity index (χ1v) is 9.59. The van der Waals surface area contributed by atoms with Gasteiger partial charge in [0.15, 0.2) is 8.32 Å². The molecular formula is C13H30N2OSi. The first-order valence-electron chi connectivity index (χ1n) is 6.68. The number of likely N-dealkylation sites (N-methyl/N-ethyl adjacent to an activating group) is 1. The highest BCUT2D eigenvalue weighted by atomic mass is 28.4. The maximum Gasteiger partial charge on any atom is 0.192 e. The zero-order valence-corrected chi connectivity index (χ0v) is 13.6. The third-order valence-corrected chi connectivity index (χ3v) is 9.05. The molecule has 1 saturated heterocycles. The molecule has 102 valence electrons. The third kappa shape index (κ3) is 3.53. The Hall–Kier alpha value is 0.0969. The third-order valence-electron chi connectivity index (χ3n) is 4.54. The van der Waals surface area contributed by atoms with E-state index in [4.69, 9.17) is 10.2 Å². The van der Waals surface area contributed by atoms with Crippen molar-refractivity contribution in [3.8, 4) is 0 Å². The first-order chi connectivity index (χ1) is 7.54. The van der Waals surface area contributed by atoms with Crippen molar-refractivity contribution in [1.29, 1.82) is 0 Å². The lowest BCUT2D eigenvalue weighted by molar-refractivity contribution is 0.0331. The van der Waals surface area contributed by atoms with Gasteiger partial charge in [0.25, 0.3) is 0 Å². The summed E-state index contributed by atoms with van der Waals surface area (Å²) in [7, 11) is 0.469. The predicted molar refractivity (Wildman–Crippen MR) is 76.8 cm³/mol. The molecule has 4 heteroatoms. The van der Waals surface area contributed by atoms with Crippen LogP contribution in [0.4, 0.5) is 0 Å². The lowest BCUT2D eigenvalue weighted by atomic mass is 9.98. The Morgan fingerprint density at radius 2 is 1.82 bits per heavy atom. The van der Waals surface area contributed by atoms with Crippen molar-refractivity contribution < 1.29 is 4.43 Å². The van der Waals surface area contributed by atoms with E-state index in [9.17, 15) is 0 Å². The molecule has 0 bridgehead atoms. The molecule has 17 heavy (non-hydrogen) atoms. The fraction of sp³-hybridized carbons (Fsp3) is 1.00. The summed E-state index contributed by atoms with van der Waals surface area (Å²) in [6.07, 6.45) is 1.29. The van der Waals surface area contributed by atoms with Gasteiger partial charge >= 0.3 is 0 Å². The van der Waals surface area contributed by atoms with Gasteiger partial charge in [-0.25, -0.2) is 0 Å². The molecule has 0 aromatic carbocycles. The fourth-order valence-corrected chi connectivity index (χ4v) is 3.50. The molecule has 0 unspecified atom stereocenters. The molecule has 0 spiro atoms. The molecule has 1 heterocycles. The van der Waals surface area contributed by atoms with Crippen molar-refractivity contribution in [2.24, 2.45) is 5.73 Å². The number of hydrogen-bond donors (Lipinski definition) is 1. The van der Waals surface area contributed by atoms with Crippen LogP contribution in [0.25, 0.3) is 0 Å². The molecular weight excluding hydrogens is 228 g/mol. The highest BCUT2D eigenvalue weighted by Crippen LogP contribution is 2.38. The van der Waals surface area contributed by atoms with E-state index in [0.29, 0.717) is 12.1 Å². The van der Waals surface area contributed by atoms with Crippen LogP contribution in [0.3, 0.4) is 0 Å². The average Bonchev–Trinajstić information content (AvgIpc) is 2.11. The van der Waals surface area contributed by atoms with E-state index in [2.05, 4.69) is 52.7 Å². The summed E-state index contributed by atoms with van der Waals surface area (Å²) in [5.74, 6) is 0. The van der Waals surface area contributed by atoms with Crippen molar-refractivity contribution >= 4 is 8.32 Å². The minimum atomic E-state index is -1.68. The van der Waals surface area contributed by atoms with Crippen LogP contribution in [0.15, 0.2) is 0 Å².